The van der Waals surface area contributed by atoms with Gasteiger partial charge < -0.3 is 10.2 Å². The van der Waals surface area contributed by atoms with E-state index in [4.69, 9.17) is 0 Å². The predicted octanol–water partition coefficient (Wildman–Crippen LogP) is 2.84. The monoisotopic (exact) mass is 258 g/mol. The summed E-state index contributed by atoms with van der Waals surface area (Å²) in [7, 11) is 2.24. The summed E-state index contributed by atoms with van der Waals surface area (Å²) < 4.78 is 0. The summed E-state index contributed by atoms with van der Waals surface area (Å²) in [5.41, 5.74) is 0. The highest BCUT2D eigenvalue weighted by Gasteiger charge is 2.18. The third-order valence-electron chi connectivity index (χ3n) is 3.99. The molecule has 0 aliphatic heterocycles. The van der Waals surface area contributed by atoms with E-state index in [0.29, 0.717) is 6.04 Å². The minimum atomic E-state index is 0.692. The van der Waals surface area contributed by atoms with Gasteiger partial charge in [-0.3, -0.25) is 0 Å². The van der Waals surface area contributed by atoms with Crippen LogP contribution in [0.1, 0.15) is 39.5 Å². The molecule has 0 aromatic heterocycles. The van der Waals surface area contributed by atoms with Gasteiger partial charge in [0.1, 0.15) is 0 Å². The first-order chi connectivity index (χ1) is 8.13. The van der Waals surface area contributed by atoms with Gasteiger partial charge in [-0.1, -0.05) is 19.8 Å². The van der Waals surface area contributed by atoms with Crippen LogP contribution < -0.4 is 5.32 Å². The Labute approximate surface area is 112 Å². The molecular weight excluding hydrogens is 228 g/mol. The molecule has 0 amide bonds. The lowest BCUT2D eigenvalue weighted by Gasteiger charge is -2.29. The third kappa shape index (κ3) is 6.12. The molecule has 0 aromatic carbocycles. The average molecular weight is 258 g/mol. The summed E-state index contributed by atoms with van der Waals surface area (Å²) in [5.74, 6) is 2.16. The molecule has 2 nitrogen and oxygen atoms in total. The van der Waals surface area contributed by atoms with Gasteiger partial charge in [0, 0.05) is 30.9 Å². The Hall–Kier alpha value is 0.270. The first-order valence-corrected chi connectivity index (χ1v) is 8.45. The van der Waals surface area contributed by atoms with Crippen molar-refractivity contribution >= 4 is 11.8 Å². The summed E-state index contributed by atoms with van der Waals surface area (Å²) in [4.78, 5) is 2.47. The van der Waals surface area contributed by atoms with Crippen molar-refractivity contribution in [1.82, 2.24) is 10.2 Å². The highest BCUT2D eigenvalue weighted by atomic mass is 32.2. The molecular formula is C14H30N2S. The molecule has 1 aliphatic rings. The van der Waals surface area contributed by atoms with E-state index in [2.05, 4.69) is 37.4 Å². The molecule has 17 heavy (non-hydrogen) atoms. The molecule has 3 heteroatoms. The maximum absolute atomic E-state index is 3.73. The van der Waals surface area contributed by atoms with E-state index < -0.39 is 0 Å². The van der Waals surface area contributed by atoms with E-state index in [-0.39, 0.29) is 0 Å². The van der Waals surface area contributed by atoms with Crippen molar-refractivity contribution in [2.75, 3.05) is 32.1 Å². The van der Waals surface area contributed by atoms with E-state index in [1.54, 1.807) is 0 Å². The van der Waals surface area contributed by atoms with Gasteiger partial charge in [0.05, 0.1) is 0 Å². The zero-order valence-electron chi connectivity index (χ0n) is 12.0. The van der Waals surface area contributed by atoms with Crippen molar-refractivity contribution < 1.29 is 0 Å². The van der Waals surface area contributed by atoms with Gasteiger partial charge in [-0.05, 0) is 39.0 Å². The smallest absolute Gasteiger partial charge is 0.0155 e. The molecule has 0 bridgehead atoms. The number of likely N-dealkylation sites (N-methyl/N-ethyl adjacent to an activating group) is 1. The van der Waals surface area contributed by atoms with Crippen molar-refractivity contribution in [3.63, 3.8) is 0 Å². The first-order valence-electron chi connectivity index (χ1n) is 7.06. The summed E-state index contributed by atoms with van der Waals surface area (Å²) >= 11 is 1.94. The maximum atomic E-state index is 3.73. The van der Waals surface area contributed by atoms with Crippen molar-refractivity contribution in [2.24, 2.45) is 5.92 Å². The molecule has 0 heterocycles. The van der Waals surface area contributed by atoms with Crippen molar-refractivity contribution in [2.45, 2.75) is 51.6 Å². The molecule has 102 valence electrons. The molecule has 1 N–H and O–H groups in total. The second kappa shape index (κ2) is 8.39. The van der Waals surface area contributed by atoms with Gasteiger partial charge in [0.25, 0.3) is 0 Å². The Bertz CT molecular complexity index is 199. The molecule has 1 rings (SSSR count). The van der Waals surface area contributed by atoms with Crippen LogP contribution in [-0.2, 0) is 0 Å². The van der Waals surface area contributed by atoms with Crippen LogP contribution in [-0.4, -0.2) is 49.1 Å². The van der Waals surface area contributed by atoms with Crippen LogP contribution in [0.25, 0.3) is 0 Å². The largest absolute Gasteiger partial charge is 0.313 e. The van der Waals surface area contributed by atoms with E-state index in [0.717, 1.165) is 18.5 Å². The topological polar surface area (TPSA) is 15.3 Å². The fraction of sp³-hybridized carbons (Fsp3) is 1.00. The predicted molar refractivity (Wildman–Crippen MR) is 79.9 cm³/mol. The quantitative estimate of drug-likeness (QED) is 0.756. The standard InChI is InChI=1S/C14H30N2S/c1-12-6-5-7-14(10-12)15-8-9-16(3)13(2)11-17-4/h12-15H,5-11H2,1-4H3. The summed E-state index contributed by atoms with van der Waals surface area (Å²) in [6.07, 6.45) is 7.80. The van der Waals surface area contributed by atoms with Crippen LogP contribution in [0.2, 0.25) is 0 Å². The molecule has 3 unspecified atom stereocenters. The van der Waals surface area contributed by atoms with Crippen molar-refractivity contribution in [3.05, 3.63) is 0 Å². The van der Waals surface area contributed by atoms with Gasteiger partial charge >= 0.3 is 0 Å². The normalized spacial score (nSPS) is 27.4. The Morgan fingerprint density at radius 2 is 2.18 bits per heavy atom. The lowest BCUT2D eigenvalue weighted by atomic mass is 9.87. The van der Waals surface area contributed by atoms with Crippen LogP contribution in [0.4, 0.5) is 0 Å². The minimum Gasteiger partial charge on any atom is -0.313 e. The lowest BCUT2D eigenvalue weighted by molar-refractivity contribution is 0.253. The van der Waals surface area contributed by atoms with Crippen LogP contribution >= 0.6 is 11.8 Å². The van der Waals surface area contributed by atoms with E-state index in [1.165, 1.54) is 38.0 Å². The minimum absolute atomic E-state index is 0.692. The molecule has 0 radical (unpaired) electrons. The zero-order chi connectivity index (χ0) is 12.7. The van der Waals surface area contributed by atoms with Crippen LogP contribution in [0.15, 0.2) is 0 Å². The molecule has 0 spiro atoms. The number of nitrogens with one attached hydrogen (secondary N) is 1. The van der Waals surface area contributed by atoms with Gasteiger partial charge in [-0.2, -0.15) is 11.8 Å². The number of thioether (sulfide) groups is 1. The van der Waals surface area contributed by atoms with E-state index >= 15 is 0 Å². The number of hydrogen-bond donors (Lipinski definition) is 1. The number of hydrogen-bond acceptors (Lipinski definition) is 3. The lowest BCUT2D eigenvalue weighted by Crippen LogP contribution is -2.41. The fourth-order valence-electron chi connectivity index (χ4n) is 2.65. The second-order valence-corrected chi connectivity index (χ2v) is 6.62. The Morgan fingerprint density at radius 1 is 1.41 bits per heavy atom. The van der Waals surface area contributed by atoms with Crippen LogP contribution in [0.3, 0.4) is 0 Å². The molecule has 1 aliphatic carbocycles. The average Bonchev–Trinajstić information content (AvgIpc) is 2.29. The maximum Gasteiger partial charge on any atom is 0.0155 e. The summed E-state index contributed by atoms with van der Waals surface area (Å²) in [6, 6.07) is 1.47. The Balaban J connectivity index is 2.10. The first kappa shape index (κ1) is 15.3. The molecule has 0 saturated heterocycles. The highest BCUT2D eigenvalue weighted by Crippen LogP contribution is 2.23. The van der Waals surface area contributed by atoms with Gasteiger partial charge in [0.2, 0.25) is 0 Å². The number of nitrogens with zero attached hydrogens (tertiary/aromatic N) is 1. The Kier molecular flexibility index (Phi) is 7.56. The third-order valence-corrected chi connectivity index (χ3v) is 4.81. The van der Waals surface area contributed by atoms with Crippen LogP contribution in [0, 0.1) is 5.92 Å². The van der Waals surface area contributed by atoms with Gasteiger partial charge in [-0.25, -0.2) is 0 Å². The second-order valence-electron chi connectivity index (χ2n) is 5.71. The number of rotatable bonds is 7. The van der Waals surface area contributed by atoms with Crippen molar-refractivity contribution in [1.29, 1.82) is 0 Å². The van der Waals surface area contributed by atoms with Gasteiger partial charge in [0.15, 0.2) is 0 Å². The Morgan fingerprint density at radius 3 is 2.82 bits per heavy atom. The summed E-state index contributed by atoms with van der Waals surface area (Å²) in [6.45, 7) is 7.03. The summed E-state index contributed by atoms with van der Waals surface area (Å²) in [5, 5.41) is 3.73. The van der Waals surface area contributed by atoms with Crippen LogP contribution in [0.5, 0.6) is 0 Å². The van der Waals surface area contributed by atoms with Gasteiger partial charge in [-0.15, -0.1) is 0 Å². The van der Waals surface area contributed by atoms with Crippen molar-refractivity contribution in [3.8, 4) is 0 Å². The van der Waals surface area contributed by atoms with E-state index in [1.807, 2.05) is 11.8 Å². The SMILES string of the molecule is CSCC(C)N(C)CCNC1CCCC(C)C1. The van der Waals surface area contributed by atoms with E-state index in [9.17, 15) is 0 Å². The fourth-order valence-corrected chi connectivity index (χ4v) is 3.39. The molecule has 3 atom stereocenters. The molecule has 1 fully saturated rings. The molecule has 1 saturated carbocycles. The zero-order valence-corrected chi connectivity index (χ0v) is 12.9. The highest BCUT2D eigenvalue weighted by molar-refractivity contribution is 7.98. The molecule has 0 aromatic rings.